The summed E-state index contributed by atoms with van der Waals surface area (Å²) in [4.78, 5) is 72.4. The van der Waals surface area contributed by atoms with Crippen LogP contribution >= 0.6 is 15.6 Å². The van der Waals surface area contributed by atoms with E-state index in [9.17, 15) is 43.2 Å². The Hall–Kier alpha value is -1.94. The second-order valence-corrected chi connectivity index (χ2v) is 28.8. The first kappa shape index (κ1) is 86.1. The number of aliphatic hydroxyl groups is 1. The summed E-state index contributed by atoms with van der Waals surface area (Å²) in [7, 11) is -9.90. The third-order valence-corrected chi connectivity index (χ3v) is 17.9. The minimum absolute atomic E-state index is 0.103. The largest absolute Gasteiger partial charge is 0.472 e. The lowest BCUT2D eigenvalue weighted by Crippen LogP contribution is -2.30. The monoisotopic (exact) mass is 1300 g/mol. The molecular formula is C69H134O17P2. The first-order valence-electron chi connectivity index (χ1n) is 36.0. The molecule has 0 aromatic rings. The predicted octanol–water partition coefficient (Wildman–Crippen LogP) is 19.6. The lowest BCUT2D eigenvalue weighted by atomic mass is 10.0. The van der Waals surface area contributed by atoms with Crippen LogP contribution in [0.25, 0.3) is 0 Å². The summed E-state index contributed by atoms with van der Waals surface area (Å²) in [6.45, 7) is 9.42. The molecule has 0 heterocycles. The second-order valence-electron chi connectivity index (χ2n) is 25.9. The van der Waals surface area contributed by atoms with Crippen LogP contribution in [0.5, 0.6) is 0 Å². The van der Waals surface area contributed by atoms with Gasteiger partial charge in [-0.15, -0.1) is 0 Å². The summed E-state index contributed by atoms with van der Waals surface area (Å²) in [6, 6.07) is 0. The van der Waals surface area contributed by atoms with Crippen LogP contribution in [0.2, 0.25) is 0 Å². The number of esters is 4. The van der Waals surface area contributed by atoms with Gasteiger partial charge in [0.15, 0.2) is 12.2 Å². The fourth-order valence-corrected chi connectivity index (χ4v) is 12.0. The molecule has 2 unspecified atom stereocenters. The average molecular weight is 1300 g/mol. The van der Waals surface area contributed by atoms with Crippen LogP contribution < -0.4 is 0 Å². The van der Waals surface area contributed by atoms with Crippen molar-refractivity contribution in [2.45, 2.75) is 368 Å². The van der Waals surface area contributed by atoms with Crippen molar-refractivity contribution in [1.82, 2.24) is 0 Å². The maximum absolute atomic E-state index is 13.0. The molecule has 0 aliphatic heterocycles. The summed E-state index contributed by atoms with van der Waals surface area (Å²) < 4.78 is 68.2. The number of hydrogen-bond donors (Lipinski definition) is 3. The van der Waals surface area contributed by atoms with E-state index in [0.29, 0.717) is 37.5 Å². The van der Waals surface area contributed by atoms with Gasteiger partial charge in [-0.05, 0) is 37.5 Å². The van der Waals surface area contributed by atoms with Crippen molar-refractivity contribution >= 4 is 39.5 Å². The molecule has 0 amide bonds. The average Bonchev–Trinajstić information content (AvgIpc) is 3.56. The Kier molecular flexibility index (Phi) is 59.9. The Morgan fingerprint density at radius 3 is 0.773 bits per heavy atom. The zero-order chi connectivity index (χ0) is 65.0. The zero-order valence-corrected chi connectivity index (χ0v) is 58.8. The molecule has 0 fully saturated rings. The highest BCUT2D eigenvalue weighted by Gasteiger charge is 2.30. The van der Waals surface area contributed by atoms with Crippen molar-refractivity contribution in [1.29, 1.82) is 0 Å². The van der Waals surface area contributed by atoms with Crippen LogP contribution in [0.4, 0.5) is 0 Å². The molecule has 3 N–H and O–H groups in total. The quantitative estimate of drug-likeness (QED) is 0.0222. The van der Waals surface area contributed by atoms with Gasteiger partial charge >= 0.3 is 39.5 Å². The normalized spacial score (nSPS) is 14.2. The highest BCUT2D eigenvalue weighted by molar-refractivity contribution is 7.47. The van der Waals surface area contributed by atoms with E-state index in [1.165, 1.54) is 161 Å². The second kappa shape index (κ2) is 61.3. The molecule has 0 aromatic heterocycles. The molecule has 88 heavy (non-hydrogen) atoms. The molecule has 19 heteroatoms. The molecule has 0 bridgehead atoms. The van der Waals surface area contributed by atoms with Crippen LogP contribution in [0.1, 0.15) is 350 Å². The number of aliphatic hydroxyl groups excluding tert-OH is 1. The van der Waals surface area contributed by atoms with Crippen molar-refractivity contribution in [3.63, 3.8) is 0 Å². The molecule has 522 valence electrons. The summed E-state index contributed by atoms with van der Waals surface area (Å²) in [5.74, 6) is -0.726. The van der Waals surface area contributed by atoms with Gasteiger partial charge in [-0.25, -0.2) is 9.13 Å². The molecule has 0 saturated heterocycles. The van der Waals surface area contributed by atoms with Crippen LogP contribution in [0.3, 0.4) is 0 Å². The van der Waals surface area contributed by atoms with Crippen molar-refractivity contribution in [3.05, 3.63) is 0 Å². The number of rotatable bonds is 68. The number of hydrogen-bond acceptors (Lipinski definition) is 15. The maximum Gasteiger partial charge on any atom is 0.472 e. The van der Waals surface area contributed by atoms with Gasteiger partial charge in [0.05, 0.1) is 26.4 Å². The Morgan fingerprint density at radius 2 is 0.523 bits per heavy atom. The standard InChI is InChI=1S/C69H134O17P2/c1-7-9-11-13-15-17-19-21-22-24-26-28-34-41-47-53-68(73)85-64(57-79-66(71)51-45-39-33-27-25-23-20-18-16-14-12-10-8-2)59-83-87(75,76)81-55-63(70)56-82-88(77,78)84-60-65(86-69(74)54-48-42-36-30-32-38-44-50-62(5)6)58-80-67(72)52-46-40-35-29-31-37-43-49-61(3)4/h61-65,70H,7-60H2,1-6H3,(H,75,76)(H,77,78)/t63-,64-,65-/m1/s1. The first-order chi connectivity index (χ1) is 42.4. The predicted molar refractivity (Wildman–Crippen MR) is 354 cm³/mol. The lowest BCUT2D eigenvalue weighted by Gasteiger charge is -2.21. The number of phosphoric acid groups is 2. The molecule has 0 spiro atoms. The molecule has 17 nitrogen and oxygen atoms in total. The van der Waals surface area contributed by atoms with Gasteiger partial charge in [0, 0.05) is 25.7 Å². The highest BCUT2D eigenvalue weighted by atomic mass is 31.2. The lowest BCUT2D eigenvalue weighted by molar-refractivity contribution is -0.161. The SMILES string of the molecule is CCCCCCCCCCCCCCCCCC(=O)O[C@H](COC(=O)CCCCCCCCCCCCCCC)COP(=O)(O)OC[C@@H](O)COP(=O)(O)OC[C@@H](COC(=O)CCCCCCCCCC(C)C)OC(=O)CCCCCCCCCC(C)C. The van der Waals surface area contributed by atoms with Gasteiger partial charge in [0.1, 0.15) is 19.3 Å². The summed E-state index contributed by atoms with van der Waals surface area (Å²) in [5, 5.41) is 10.6. The van der Waals surface area contributed by atoms with Crippen molar-refractivity contribution < 1.29 is 80.2 Å². The molecule has 0 saturated carbocycles. The first-order valence-corrected chi connectivity index (χ1v) is 39.0. The highest BCUT2D eigenvalue weighted by Crippen LogP contribution is 2.45. The Balaban J connectivity index is 5.24. The summed E-state index contributed by atoms with van der Waals surface area (Å²) >= 11 is 0. The van der Waals surface area contributed by atoms with Crippen LogP contribution in [0, 0.1) is 11.8 Å². The Bertz CT molecular complexity index is 1720. The van der Waals surface area contributed by atoms with E-state index in [4.69, 9.17) is 37.0 Å². The molecule has 0 aliphatic rings. The third-order valence-electron chi connectivity index (χ3n) is 16.0. The van der Waals surface area contributed by atoms with E-state index >= 15 is 0 Å². The van der Waals surface area contributed by atoms with Gasteiger partial charge in [-0.3, -0.25) is 37.3 Å². The van der Waals surface area contributed by atoms with E-state index in [2.05, 4.69) is 41.5 Å². The third kappa shape index (κ3) is 62.8. The van der Waals surface area contributed by atoms with E-state index in [-0.39, 0.29) is 25.7 Å². The Labute approximate surface area is 537 Å². The van der Waals surface area contributed by atoms with Crippen molar-refractivity contribution in [2.24, 2.45) is 11.8 Å². The van der Waals surface area contributed by atoms with Gasteiger partial charge in [-0.1, -0.05) is 298 Å². The van der Waals surface area contributed by atoms with E-state index in [1.54, 1.807) is 0 Å². The maximum atomic E-state index is 13.0. The van der Waals surface area contributed by atoms with Gasteiger partial charge < -0.3 is 33.8 Å². The smallest absolute Gasteiger partial charge is 0.462 e. The fraction of sp³-hybridized carbons (Fsp3) is 0.942. The van der Waals surface area contributed by atoms with E-state index in [0.717, 1.165) is 96.3 Å². The number of ether oxygens (including phenoxy) is 4. The topological polar surface area (TPSA) is 237 Å². The molecular weight excluding hydrogens is 1160 g/mol. The summed E-state index contributed by atoms with van der Waals surface area (Å²) in [5.41, 5.74) is 0. The van der Waals surface area contributed by atoms with Crippen LogP contribution in [-0.2, 0) is 65.4 Å². The summed E-state index contributed by atoms with van der Waals surface area (Å²) in [6.07, 6.45) is 45.9. The van der Waals surface area contributed by atoms with Crippen LogP contribution in [0.15, 0.2) is 0 Å². The Morgan fingerprint density at radius 1 is 0.307 bits per heavy atom. The molecule has 5 atom stereocenters. The molecule has 0 aliphatic carbocycles. The number of unbranched alkanes of at least 4 members (excludes halogenated alkanes) is 38. The van der Waals surface area contributed by atoms with Gasteiger partial charge in [-0.2, -0.15) is 0 Å². The molecule has 0 aromatic carbocycles. The fourth-order valence-electron chi connectivity index (χ4n) is 10.4. The number of carbonyl (C=O) groups is 4. The minimum atomic E-state index is -4.95. The molecule has 0 radical (unpaired) electrons. The number of carbonyl (C=O) groups excluding carboxylic acids is 4. The van der Waals surface area contributed by atoms with E-state index in [1.807, 2.05) is 0 Å². The minimum Gasteiger partial charge on any atom is -0.462 e. The van der Waals surface area contributed by atoms with Crippen molar-refractivity contribution in [3.8, 4) is 0 Å². The van der Waals surface area contributed by atoms with E-state index < -0.39 is 97.5 Å². The van der Waals surface area contributed by atoms with Crippen molar-refractivity contribution in [2.75, 3.05) is 39.6 Å². The number of phosphoric ester groups is 2. The zero-order valence-electron chi connectivity index (χ0n) is 57.0. The van der Waals surface area contributed by atoms with Crippen LogP contribution in [-0.4, -0.2) is 96.7 Å². The van der Waals surface area contributed by atoms with Gasteiger partial charge in [0.2, 0.25) is 0 Å². The van der Waals surface area contributed by atoms with Gasteiger partial charge in [0.25, 0.3) is 0 Å². The molecule has 0 rings (SSSR count).